The molecule has 0 unspecified atom stereocenters. The van der Waals surface area contributed by atoms with Crippen LogP contribution in [0.5, 0.6) is 0 Å². The van der Waals surface area contributed by atoms with Gasteiger partial charge in [0.05, 0.1) is 0 Å². The van der Waals surface area contributed by atoms with Gasteiger partial charge in [-0.15, -0.1) is 0 Å². The topological polar surface area (TPSA) is 141 Å². The van der Waals surface area contributed by atoms with Crippen molar-refractivity contribution in [1.29, 1.82) is 0 Å². The Morgan fingerprint density at radius 3 is 1.22 bits per heavy atom. The molecule has 9 heavy (non-hydrogen) atoms. The molecular weight excluding hydrogens is 180 g/mol. The average Bonchev–Trinajstić information content (AvgIpc) is 1.19. The first-order valence-corrected chi connectivity index (χ1v) is 3.53. The highest BCUT2D eigenvalue weighted by Gasteiger charge is 1.84. The van der Waals surface area contributed by atoms with Crippen molar-refractivity contribution in [3.8, 4) is 0 Å². The number of hydrogen-bond acceptors (Lipinski definition) is 5. The summed E-state index contributed by atoms with van der Waals surface area (Å²) >= 11 is 0. The van der Waals surface area contributed by atoms with Gasteiger partial charge in [0.15, 0.2) is 0 Å². The van der Waals surface area contributed by atoms with E-state index in [0.717, 1.165) is 0 Å². The van der Waals surface area contributed by atoms with Gasteiger partial charge in [0.25, 0.3) is 10.8 Å². The molecule has 0 aliphatic rings. The molecule has 0 heterocycles. The lowest BCUT2D eigenvalue weighted by Crippen LogP contribution is -2.30. The van der Waals surface area contributed by atoms with Crippen molar-refractivity contribution in [3.63, 3.8) is 0 Å². The molecule has 0 saturated heterocycles. The summed E-state index contributed by atoms with van der Waals surface area (Å²) in [4.78, 5) is 0. The molecule has 0 aromatic heterocycles. The third kappa shape index (κ3) is 183000. The maximum absolute atomic E-state index is 8.74. The van der Waals surface area contributed by atoms with Crippen LogP contribution < -0.4 is 9.32 Å². The summed E-state index contributed by atoms with van der Waals surface area (Å²) in [5.74, 6) is 0. The van der Waals surface area contributed by atoms with Gasteiger partial charge in [-0.25, -0.2) is 0 Å². The van der Waals surface area contributed by atoms with Crippen molar-refractivity contribution in [1.82, 2.24) is 0 Å². The Morgan fingerprint density at radius 1 is 1.22 bits per heavy atom. The van der Waals surface area contributed by atoms with Gasteiger partial charge in [-0.3, -0.25) is 9.11 Å². The molecule has 0 atom stereocenters. The molecule has 0 aliphatic carbocycles. The molecule has 3 N–H and O–H groups in total. The van der Waals surface area contributed by atoms with E-state index in [1.54, 1.807) is 0 Å². The van der Waals surface area contributed by atoms with E-state index < -0.39 is 21.2 Å². The van der Waals surface area contributed by atoms with Crippen LogP contribution in [0.2, 0.25) is 0 Å². The zero-order chi connectivity index (χ0) is 8.08. The summed E-state index contributed by atoms with van der Waals surface area (Å²) < 4.78 is 55.6. The summed E-state index contributed by atoms with van der Waals surface area (Å²) in [6.07, 6.45) is 0. The molecule has 0 bridgehead atoms. The smallest absolute Gasteiger partial charge is 0.321 e. The lowest BCUT2D eigenvalue weighted by molar-refractivity contribution is -1.63. The van der Waals surface area contributed by atoms with Crippen LogP contribution in [0.4, 0.5) is 0 Å². The van der Waals surface area contributed by atoms with Crippen LogP contribution in [-0.4, -0.2) is 22.2 Å². The highest BCUT2D eigenvalue weighted by Crippen LogP contribution is 1.59. The maximum atomic E-state index is 8.74. The summed E-state index contributed by atoms with van der Waals surface area (Å²) in [5, 5.41) is 0. The predicted octanol–water partition coefficient (Wildman–Crippen LogP) is -3.59. The van der Waals surface area contributed by atoms with Crippen molar-refractivity contribution in [3.05, 3.63) is 0 Å². The van der Waals surface area contributed by atoms with Crippen molar-refractivity contribution < 1.29 is 42.3 Å². The zero-order valence-corrected chi connectivity index (χ0v) is 5.33. The number of rotatable bonds is 0. The van der Waals surface area contributed by atoms with Gasteiger partial charge >= 0.3 is 10.4 Å². The lowest BCUT2D eigenvalue weighted by atomic mass is 15.8. The molecule has 0 amide bonds. The van der Waals surface area contributed by atoms with E-state index in [9.17, 15) is 0 Å². The second-order valence-electron chi connectivity index (χ2n) is 0.649. The minimum atomic E-state index is -4.67. The molecule has 0 fully saturated rings. The second-order valence-corrected chi connectivity index (χ2v) is 1.95. The van der Waals surface area contributed by atoms with Crippen LogP contribution in [0.15, 0.2) is 0 Å². The first-order chi connectivity index (χ1) is 3.73. The molecule has 0 spiro atoms. The molecule has 0 radical (unpaired) electrons. The Balaban J connectivity index is 0. The van der Waals surface area contributed by atoms with E-state index in [1.807, 2.05) is 0 Å². The minimum absolute atomic E-state index is 2.60. The van der Waals surface area contributed by atoms with E-state index >= 15 is 0 Å². The van der Waals surface area contributed by atoms with Gasteiger partial charge in [-0.05, 0) is 0 Å². The van der Waals surface area contributed by atoms with E-state index in [2.05, 4.69) is 0 Å². The third-order valence-electron chi connectivity index (χ3n) is 0. The largest absolute Gasteiger partial charge is 0.394 e. The summed E-state index contributed by atoms with van der Waals surface area (Å²) in [6, 6.07) is 0. The fourth-order valence-corrected chi connectivity index (χ4v) is 0. The molecular formula is H3ClO7S. The molecule has 0 aromatic carbocycles. The summed E-state index contributed by atoms with van der Waals surface area (Å²) in [7, 11) is -7.27. The lowest BCUT2D eigenvalue weighted by Gasteiger charge is -1.72. The van der Waals surface area contributed by atoms with Gasteiger partial charge < -0.3 is 9.32 Å². The monoisotopic (exact) mass is 182 g/mol. The van der Waals surface area contributed by atoms with E-state index in [0.29, 0.717) is 0 Å². The van der Waals surface area contributed by atoms with Crippen molar-refractivity contribution in [2.45, 2.75) is 0 Å². The van der Waals surface area contributed by atoms with Crippen LogP contribution in [0.25, 0.3) is 0 Å². The van der Waals surface area contributed by atoms with Gasteiger partial charge in [0.1, 0.15) is 0 Å². The molecule has 0 saturated carbocycles. The van der Waals surface area contributed by atoms with E-state index in [4.69, 9.17) is 31.5 Å². The normalized spacial score (nSPS) is 10.4. The molecule has 9 heteroatoms. The molecule has 0 rings (SSSR count). The quantitative estimate of drug-likeness (QED) is 0.329. The Hall–Kier alpha value is 0.0400. The Bertz CT molecular complexity index is 120. The van der Waals surface area contributed by atoms with E-state index in [-0.39, 0.29) is 0 Å². The molecule has 7 nitrogen and oxygen atoms in total. The predicted molar refractivity (Wildman–Crippen MR) is 16.4 cm³/mol. The first kappa shape index (κ1) is 11.8. The number of hydrogen-bond donors (Lipinski definition) is 3. The van der Waals surface area contributed by atoms with E-state index in [1.165, 1.54) is 0 Å². The van der Waals surface area contributed by atoms with Crippen LogP contribution >= 0.6 is 0 Å². The molecule has 0 aliphatic heterocycles. The van der Waals surface area contributed by atoms with Gasteiger partial charge in [-0.1, -0.05) is 0 Å². The first-order valence-electron chi connectivity index (χ1n) is 1.18. The summed E-state index contributed by atoms with van der Waals surface area (Å²) in [6.45, 7) is 0. The SMILES string of the molecule is O=S(=O)(O)O.[O-][Cl+2]([O-])O. The fraction of sp³-hybridized carbons (Fsp3) is 0. The second kappa shape index (κ2) is 4.88. The Morgan fingerprint density at radius 2 is 1.22 bits per heavy atom. The Labute approximate surface area is 53.5 Å². The fourth-order valence-electron chi connectivity index (χ4n) is 0. The van der Waals surface area contributed by atoms with Crippen LogP contribution in [0.1, 0.15) is 0 Å². The van der Waals surface area contributed by atoms with Gasteiger partial charge in [-0.2, -0.15) is 8.42 Å². The highest BCUT2D eigenvalue weighted by molar-refractivity contribution is 7.79. The van der Waals surface area contributed by atoms with Crippen molar-refractivity contribution >= 4 is 10.4 Å². The molecule has 0 aromatic rings. The summed E-state index contributed by atoms with van der Waals surface area (Å²) in [5.41, 5.74) is 0. The van der Waals surface area contributed by atoms with Crippen molar-refractivity contribution in [2.75, 3.05) is 0 Å². The van der Waals surface area contributed by atoms with Crippen LogP contribution in [0, 0.1) is 10.8 Å². The van der Waals surface area contributed by atoms with Crippen LogP contribution in [0.3, 0.4) is 0 Å². The van der Waals surface area contributed by atoms with Gasteiger partial charge in [0.2, 0.25) is 0 Å². The minimum Gasteiger partial charge on any atom is -0.321 e. The van der Waals surface area contributed by atoms with Gasteiger partial charge in [0, 0.05) is 4.66 Å². The zero-order valence-electron chi connectivity index (χ0n) is 3.76. The third-order valence-corrected chi connectivity index (χ3v) is 0. The maximum Gasteiger partial charge on any atom is 0.394 e. The average molecular weight is 183 g/mol. The number of halogens is 1. The standard InChI is InChI=1S/ClHO3.H2O4S/c2-1(3)4;1-5(2,3)4/h2H;(H2,1,2,3,4). The highest BCUT2D eigenvalue weighted by atomic mass is 35.6. The van der Waals surface area contributed by atoms with Crippen LogP contribution in [-0.2, 0) is 10.4 Å². The van der Waals surface area contributed by atoms with Crippen molar-refractivity contribution in [2.24, 2.45) is 0 Å². The Kier molecular flexibility index (Phi) is 6.39. The molecule has 58 valence electrons.